The van der Waals surface area contributed by atoms with Crippen LogP contribution in [-0.2, 0) is 16.1 Å². The van der Waals surface area contributed by atoms with Crippen molar-refractivity contribution < 1.29 is 19.0 Å². The minimum absolute atomic E-state index is 0.0127. The molecule has 1 saturated heterocycles. The van der Waals surface area contributed by atoms with E-state index in [4.69, 9.17) is 4.74 Å². The van der Waals surface area contributed by atoms with Crippen LogP contribution in [0.5, 0.6) is 5.75 Å². The number of para-hydroxylation sites is 1. The van der Waals surface area contributed by atoms with Gasteiger partial charge in [-0.05, 0) is 18.9 Å². The zero-order valence-corrected chi connectivity index (χ0v) is 12.1. The average Bonchev–Trinajstić information content (AvgIpc) is 2.49. The van der Waals surface area contributed by atoms with Crippen LogP contribution in [0.1, 0.15) is 18.4 Å². The van der Waals surface area contributed by atoms with Crippen molar-refractivity contribution in [3.63, 3.8) is 0 Å². The molecule has 1 heterocycles. The fourth-order valence-corrected chi connectivity index (χ4v) is 2.50. The van der Waals surface area contributed by atoms with Crippen LogP contribution < -0.4 is 5.32 Å². The van der Waals surface area contributed by atoms with Gasteiger partial charge >= 0.3 is 0 Å². The highest BCUT2D eigenvalue weighted by molar-refractivity contribution is 5.77. The van der Waals surface area contributed by atoms with E-state index in [0.717, 1.165) is 12.8 Å². The summed E-state index contributed by atoms with van der Waals surface area (Å²) in [6.45, 7) is 1.92. The van der Waals surface area contributed by atoms with Gasteiger partial charge in [0, 0.05) is 38.3 Å². The minimum Gasteiger partial charge on any atom is -0.505 e. The Kier molecular flexibility index (Phi) is 5.52. The lowest BCUT2D eigenvalue weighted by Gasteiger charge is -2.32. The molecule has 2 N–H and O–H groups in total. The van der Waals surface area contributed by atoms with Gasteiger partial charge in [0.1, 0.15) is 6.61 Å². The van der Waals surface area contributed by atoms with Gasteiger partial charge in [-0.2, -0.15) is 0 Å². The number of benzene rings is 1. The number of phenolic OH excluding ortho intramolecular Hbond substituents is 1. The maximum absolute atomic E-state index is 13.2. The first-order valence-electron chi connectivity index (χ1n) is 7.08. The van der Waals surface area contributed by atoms with E-state index in [1.807, 2.05) is 0 Å². The Hall–Kier alpha value is -1.66. The molecular weight excluding hydrogens is 275 g/mol. The first-order chi connectivity index (χ1) is 10.1. The molecule has 1 aromatic rings. The van der Waals surface area contributed by atoms with Crippen molar-refractivity contribution in [2.24, 2.45) is 0 Å². The monoisotopic (exact) mass is 296 g/mol. The van der Waals surface area contributed by atoms with Crippen LogP contribution in [-0.4, -0.2) is 48.8 Å². The van der Waals surface area contributed by atoms with E-state index in [1.54, 1.807) is 17.0 Å². The number of rotatable bonds is 5. The molecule has 0 aliphatic carbocycles. The molecule has 0 aromatic heterocycles. The molecule has 6 heteroatoms. The van der Waals surface area contributed by atoms with Gasteiger partial charge in [-0.1, -0.05) is 12.1 Å². The minimum atomic E-state index is -0.603. The van der Waals surface area contributed by atoms with Crippen LogP contribution in [0.2, 0.25) is 0 Å². The van der Waals surface area contributed by atoms with Crippen LogP contribution in [0.3, 0.4) is 0 Å². The standard InChI is InChI=1S/C15H21FN2O3/c1-21-10-14(19)18-7-5-12(6-8-18)17-9-11-3-2-4-13(16)15(11)20/h2-4,12,17,20H,5-10H2,1H3. The smallest absolute Gasteiger partial charge is 0.248 e. The summed E-state index contributed by atoms with van der Waals surface area (Å²) in [5, 5.41) is 12.9. The number of methoxy groups -OCH3 is 1. The number of likely N-dealkylation sites (tertiary alicyclic amines) is 1. The second kappa shape index (κ2) is 7.38. The highest BCUT2D eigenvalue weighted by Gasteiger charge is 2.22. The number of hydrogen-bond acceptors (Lipinski definition) is 4. The third-order valence-corrected chi connectivity index (χ3v) is 3.77. The van der Waals surface area contributed by atoms with Crippen molar-refractivity contribution >= 4 is 5.91 Å². The third-order valence-electron chi connectivity index (χ3n) is 3.77. The second-order valence-electron chi connectivity index (χ2n) is 5.22. The molecule has 0 radical (unpaired) electrons. The maximum atomic E-state index is 13.2. The normalized spacial score (nSPS) is 16.2. The number of carbonyl (C=O) groups excluding carboxylic acids is 1. The van der Waals surface area contributed by atoms with Gasteiger partial charge in [-0.15, -0.1) is 0 Å². The van der Waals surface area contributed by atoms with E-state index in [-0.39, 0.29) is 24.3 Å². The van der Waals surface area contributed by atoms with Crippen molar-refractivity contribution in [2.45, 2.75) is 25.4 Å². The molecule has 0 atom stereocenters. The largest absolute Gasteiger partial charge is 0.505 e. The number of phenols is 1. The summed E-state index contributed by atoms with van der Waals surface area (Å²) in [6, 6.07) is 4.78. The Morgan fingerprint density at radius 3 is 2.86 bits per heavy atom. The number of amides is 1. The SMILES string of the molecule is COCC(=O)N1CCC(NCc2cccc(F)c2O)CC1. The molecule has 1 aliphatic rings. The lowest BCUT2D eigenvalue weighted by molar-refractivity contribution is -0.136. The van der Waals surface area contributed by atoms with E-state index >= 15 is 0 Å². The number of nitrogens with one attached hydrogen (secondary N) is 1. The summed E-state index contributed by atoms with van der Waals surface area (Å²) < 4.78 is 18.1. The Morgan fingerprint density at radius 2 is 2.19 bits per heavy atom. The zero-order valence-electron chi connectivity index (χ0n) is 12.1. The summed E-state index contributed by atoms with van der Waals surface area (Å²) in [4.78, 5) is 13.5. The fraction of sp³-hybridized carbons (Fsp3) is 0.533. The molecule has 0 unspecified atom stereocenters. The Bertz CT molecular complexity index is 488. The van der Waals surface area contributed by atoms with Gasteiger partial charge in [-0.3, -0.25) is 4.79 Å². The lowest BCUT2D eigenvalue weighted by Crippen LogP contribution is -2.45. The molecule has 0 saturated carbocycles. The van der Waals surface area contributed by atoms with Crippen LogP contribution in [0, 0.1) is 5.82 Å². The molecule has 2 rings (SSSR count). The summed E-state index contributed by atoms with van der Waals surface area (Å²) in [5.41, 5.74) is 0.549. The van der Waals surface area contributed by atoms with E-state index < -0.39 is 5.82 Å². The molecule has 5 nitrogen and oxygen atoms in total. The number of halogens is 1. The quantitative estimate of drug-likeness (QED) is 0.859. The van der Waals surface area contributed by atoms with E-state index in [2.05, 4.69) is 5.32 Å². The van der Waals surface area contributed by atoms with Gasteiger partial charge in [0.25, 0.3) is 0 Å². The van der Waals surface area contributed by atoms with Crippen LogP contribution in [0.4, 0.5) is 4.39 Å². The highest BCUT2D eigenvalue weighted by Crippen LogP contribution is 2.21. The molecule has 1 amide bonds. The van der Waals surface area contributed by atoms with E-state index in [9.17, 15) is 14.3 Å². The lowest BCUT2D eigenvalue weighted by atomic mass is 10.0. The summed E-state index contributed by atoms with van der Waals surface area (Å²) in [5.74, 6) is -0.884. The molecule has 1 aromatic carbocycles. The number of piperidine rings is 1. The molecule has 0 spiro atoms. The number of nitrogens with zero attached hydrogens (tertiary/aromatic N) is 1. The van der Waals surface area contributed by atoms with Gasteiger partial charge in [0.15, 0.2) is 11.6 Å². The van der Waals surface area contributed by atoms with Crippen molar-refractivity contribution in [3.8, 4) is 5.75 Å². The zero-order chi connectivity index (χ0) is 15.2. The molecule has 116 valence electrons. The van der Waals surface area contributed by atoms with Crippen molar-refractivity contribution in [2.75, 3.05) is 26.8 Å². The van der Waals surface area contributed by atoms with Gasteiger partial charge in [0.05, 0.1) is 0 Å². The van der Waals surface area contributed by atoms with E-state index in [1.165, 1.54) is 13.2 Å². The Morgan fingerprint density at radius 1 is 1.48 bits per heavy atom. The van der Waals surface area contributed by atoms with Crippen LogP contribution in [0.25, 0.3) is 0 Å². The van der Waals surface area contributed by atoms with Crippen molar-refractivity contribution in [1.82, 2.24) is 10.2 Å². The first-order valence-corrected chi connectivity index (χ1v) is 7.08. The maximum Gasteiger partial charge on any atom is 0.248 e. The van der Waals surface area contributed by atoms with E-state index in [0.29, 0.717) is 25.2 Å². The summed E-state index contributed by atoms with van der Waals surface area (Å²) in [6.07, 6.45) is 1.68. The number of carbonyl (C=O) groups is 1. The predicted octanol–water partition coefficient (Wildman–Crippen LogP) is 1.26. The summed E-state index contributed by atoms with van der Waals surface area (Å²) >= 11 is 0. The second-order valence-corrected chi connectivity index (χ2v) is 5.22. The summed E-state index contributed by atoms with van der Waals surface area (Å²) in [7, 11) is 1.51. The predicted molar refractivity (Wildman–Crippen MR) is 76.4 cm³/mol. The highest BCUT2D eigenvalue weighted by atomic mass is 19.1. The average molecular weight is 296 g/mol. The number of hydrogen-bond donors (Lipinski definition) is 2. The van der Waals surface area contributed by atoms with Gasteiger partial charge in [-0.25, -0.2) is 4.39 Å². The number of ether oxygens (including phenoxy) is 1. The Labute approximate surface area is 123 Å². The van der Waals surface area contributed by atoms with Crippen molar-refractivity contribution in [1.29, 1.82) is 0 Å². The third kappa shape index (κ3) is 4.15. The molecular formula is C15H21FN2O3. The topological polar surface area (TPSA) is 61.8 Å². The molecule has 21 heavy (non-hydrogen) atoms. The van der Waals surface area contributed by atoms with Crippen molar-refractivity contribution in [3.05, 3.63) is 29.6 Å². The Balaban J connectivity index is 1.79. The van der Waals surface area contributed by atoms with Crippen LogP contribution >= 0.6 is 0 Å². The number of aromatic hydroxyl groups is 1. The fourth-order valence-electron chi connectivity index (χ4n) is 2.50. The molecule has 1 fully saturated rings. The van der Waals surface area contributed by atoms with Gasteiger partial charge < -0.3 is 20.1 Å². The molecule has 1 aliphatic heterocycles. The van der Waals surface area contributed by atoms with Crippen LogP contribution in [0.15, 0.2) is 18.2 Å². The molecule has 0 bridgehead atoms. The van der Waals surface area contributed by atoms with Gasteiger partial charge in [0.2, 0.25) is 5.91 Å². The first kappa shape index (κ1) is 15.7.